The number of ether oxygens (including phenoxy) is 8. The predicted molar refractivity (Wildman–Crippen MR) is 586 cm³/mol. The van der Waals surface area contributed by atoms with E-state index in [1.807, 2.05) is 43.2 Å². The summed E-state index contributed by atoms with van der Waals surface area (Å²) in [5.41, 5.74) is 15.7. The van der Waals surface area contributed by atoms with Gasteiger partial charge in [-0.25, -0.2) is 19.9 Å². The number of unbranched alkanes of at least 4 members (excludes halogenated alkanes) is 32. The SMILES string of the molecule is CCCCCCCCCCCC1c2cc3c4cc2Oc2cc5nc6[nH]c5cc2Oc2cc5c(cc21)C(CCCCCCCCCCC)c1cc2c7cc1Oc1cc8[nH]c(nc8cc1O5)CCCCCSSCCCCCc1nc5cc(c(cc5[nH]1)Oc1cc(c(cc1C2CCCCCCCCCCC)C3CCCCCCCCCCC)Oc1cc2[nH]c(nc2cc1O4)CCCCCSSCCCCC6)O7. The van der Waals surface area contributed by atoms with Gasteiger partial charge in [0.15, 0.2) is 46.0 Å². The number of hydrogen-bond donors (Lipinski definition) is 4. The molecule has 4 unspecified atom stereocenters. The molecule has 8 aromatic carbocycles. The fraction of sp³-hybridized carbons (Fsp3) is 0.567. The summed E-state index contributed by atoms with van der Waals surface area (Å²) < 4.78 is 64.6. The van der Waals surface area contributed by atoms with Gasteiger partial charge in [0.1, 0.15) is 69.3 Å². The molecule has 1 aliphatic carbocycles. The van der Waals surface area contributed by atoms with E-state index in [4.69, 9.17) is 57.8 Å². The lowest BCUT2D eigenvalue weighted by Gasteiger charge is -2.30. The number of benzene rings is 8. The molecule has 19 rings (SSSR count). The van der Waals surface area contributed by atoms with Crippen LogP contribution in [0.3, 0.4) is 0 Å². The van der Waals surface area contributed by atoms with Crippen molar-refractivity contribution in [1.82, 2.24) is 39.9 Å². The van der Waals surface area contributed by atoms with Crippen LogP contribution in [0.25, 0.3) is 44.1 Å². The van der Waals surface area contributed by atoms with Crippen molar-refractivity contribution in [3.8, 4) is 92.0 Å². The number of aromatic nitrogens is 8. The van der Waals surface area contributed by atoms with E-state index < -0.39 is 0 Å². The van der Waals surface area contributed by atoms with Crippen molar-refractivity contribution in [2.24, 2.45) is 0 Å². The second kappa shape index (κ2) is 50.8. The zero-order valence-corrected chi connectivity index (χ0v) is 87.9. The molecule has 0 fully saturated rings. The van der Waals surface area contributed by atoms with Crippen LogP contribution in [-0.4, -0.2) is 62.9 Å². The Kier molecular flexibility index (Phi) is 36.3. The summed E-state index contributed by atoms with van der Waals surface area (Å²) in [5, 5.41) is 0. The van der Waals surface area contributed by atoms with E-state index in [1.54, 1.807) is 0 Å². The molecule has 0 amide bonds. The lowest BCUT2D eigenvalue weighted by atomic mass is 9.76. The number of H-pyrrole nitrogens is 4. The Morgan fingerprint density at radius 1 is 0.200 bits per heavy atom. The van der Waals surface area contributed by atoms with Gasteiger partial charge >= 0.3 is 0 Å². The number of fused-ring (bicyclic) bond motifs is 4. The Labute approximate surface area is 849 Å². The summed E-state index contributed by atoms with van der Waals surface area (Å²) in [7, 11) is 8.09. The van der Waals surface area contributed by atoms with Crippen molar-refractivity contribution >= 4 is 87.3 Å². The van der Waals surface area contributed by atoms with Crippen LogP contribution in [-0.2, 0) is 25.7 Å². The maximum absolute atomic E-state index is 8.08. The second-order valence-electron chi connectivity index (χ2n) is 41.7. The standard InChI is InChI=1S/C120H156N8O8S4/c1-5-9-13-17-21-25-29-33-41-53-81-85-65-86-82(54-42-34-30-26-22-18-14-10-6-2)91-68-92-84(56-44-36-32-28-24-20-16-12-8-4)88-66-87-83(55-43-35-31-27-23-19-15-11-7-3)90-67-89(81)105-79-106(90)134-114-74-98-95-71-111(114)131-103(87)78-104(88)132-112-72-96-100(128-120(124-96)60-48-40-52-64-140-139-63-51-39-47-59-119(123-95)126-98)76-116(112)136-108(92)80-107(91)135-115-75-99-94-70-110(115)130-102(86)77-101(85)129-109-69-93-97(73-113(109)133-105)125-117(121-93)57-45-37-49-61-137-138-62-50-38-46-58-118(122-94)127-99/h65-84H,5-64H2,1-4H3,(H,121,125)(H,122,127)(H,123,126)(H,124,128). The Balaban J connectivity index is 0.903. The molecule has 0 saturated carbocycles. The lowest BCUT2D eigenvalue weighted by Crippen LogP contribution is -2.13. The molecule has 10 heterocycles. The summed E-state index contributed by atoms with van der Waals surface area (Å²) in [4.78, 5) is 37.4. The summed E-state index contributed by atoms with van der Waals surface area (Å²) in [6.07, 6.45) is 63.2. The molecule has 0 radical (unpaired) electrons. The third-order valence-corrected chi connectivity index (χ3v) is 36.0. The first kappa shape index (κ1) is 100. The van der Waals surface area contributed by atoms with Gasteiger partial charge in [-0.15, -0.1) is 0 Å². The highest BCUT2D eigenvalue weighted by atomic mass is 33.1. The number of imidazole rings is 4. The number of nitrogens with zero attached hydrogens (tertiary/aromatic N) is 4. The van der Waals surface area contributed by atoms with Gasteiger partial charge in [-0.3, -0.25) is 0 Å². The van der Waals surface area contributed by atoms with Crippen molar-refractivity contribution < 1.29 is 37.9 Å². The fourth-order valence-corrected chi connectivity index (χ4v) is 27.5. The predicted octanol–water partition coefficient (Wildman–Crippen LogP) is 38.9. The monoisotopic (exact) mass is 1970 g/mol. The minimum absolute atomic E-state index is 0.279. The van der Waals surface area contributed by atoms with Gasteiger partial charge in [0.2, 0.25) is 0 Å². The van der Waals surface area contributed by atoms with E-state index in [2.05, 4.69) is 145 Å². The number of rotatable bonds is 40. The van der Waals surface area contributed by atoms with Crippen LogP contribution < -0.4 is 37.9 Å². The Hall–Kier alpha value is -8.56. The average Bonchev–Trinajstić information content (AvgIpc) is 1.67. The summed E-state index contributed by atoms with van der Waals surface area (Å²) in [6, 6.07) is 36.7. The number of nitrogens with one attached hydrogen (secondary N) is 4. The Bertz CT molecular complexity index is 5150. The van der Waals surface area contributed by atoms with Crippen molar-refractivity contribution in [1.29, 1.82) is 0 Å². The molecule has 0 saturated heterocycles. The van der Waals surface area contributed by atoms with E-state index >= 15 is 0 Å². The zero-order valence-electron chi connectivity index (χ0n) is 84.7. The van der Waals surface area contributed by atoms with Crippen LogP contribution in [0.4, 0.5) is 0 Å². The third-order valence-electron chi connectivity index (χ3n) is 30.8. The summed E-state index contributed by atoms with van der Waals surface area (Å²) in [5.74, 6) is 17.7. The molecule has 20 heteroatoms. The van der Waals surface area contributed by atoms with Crippen LogP contribution in [0.1, 0.15) is 453 Å². The van der Waals surface area contributed by atoms with Gasteiger partial charge < -0.3 is 57.8 Å². The second-order valence-corrected chi connectivity index (χ2v) is 47.1. The molecule has 24 bridgehead atoms. The van der Waals surface area contributed by atoms with E-state index in [0.717, 1.165) is 386 Å². The van der Waals surface area contributed by atoms with Crippen LogP contribution in [0.2, 0.25) is 0 Å². The average molecular weight is 1970 g/mol. The van der Waals surface area contributed by atoms with Crippen molar-refractivity contribution in [2.75, 3.05) is 23.0 Å². The fourth-order valence-electron chi connectivity index (χ4n) is 22.9. The highest BCUT2D eigenvalue weighted by Gasteiger charge is 2.40. The normalized spacial score (nSPS) is 17.6. The Morgan fingerprint density at radius 2 is 0.379 bits per heavy atom. The van der Waals surface area contributed by atoms with Gasteiger partial charge in [-0.1, -0.05) is 328 Å². The first-order chi connectivity index (χ1) is 69.2. The molecule has 6 aliphatic heterocycles. The van der Waals surface area contributed by atoms with Gasteiger partial charge in [-0.05, 0) is 101 Å². The molecular weight excluding hydrogens is 1810 g/mol. The van der Waals surface area contributed by atoms with Gasteiger partial charge in [0.25, 0.3) is 0 Å². The highest BCUT2D eigenvalue weighted by Crippen LogP contribution is 2.61. The van der Waals surface area contributed by atoms with Crippen LogP contribution in [0.15, 0.2) is 97.1 Å². The maximum atomic E-state index is 8.08. The van der Waals surface area contributed by atoms with Crippen LogP contribution >= 0.6 is 43.2 Å². The van der Waals surface area contributed by atoms with Gasteiger partial charge in [0, 0.05) is 190 Å². The van der Waals surface area contributed by atoms with Crippen molar-refractivity contribution in [2.45, 2.75) is 411 Å². The minimum atomic E-state index is -0.280. The largest absolute Gasteiger partial charge is 0.453 e. The van der Waals surface area contributed by atoms with E-state index in [0.29, 0.717) is 46.0 Å². The van der Waals surface area contributed by atoms with Crippen molar-refractivity contribution in [3.05, 3.63) is 165 Å². The number of aryl methyl sites for hydroxylation is 4. The highest BCUT2D eigenvalue weighted by molar-refractivity contribution is 8.77. The molecular formula is C120H156N8O8S4. The maximum Gasteiger partial charge on any atom is 0.172 e. The smallest absolute Gasteiger partial charge is 0.172 e. The lowest BCUT2D eigenvalue weighted by molar-refractivity contribution is 0.401. The quantitative estimate of drug-likeness (QED) is 0.0209. The van der Waals surface area contributed by atoms with Crippen LogP contribution in [0.5, 0.6) is 92.0 Å². The summed E-state index contributed by atoms with van der Waals surface area (Å²) in [6.45, 7) is 9.30. The minimum Gasteiger partial charge on any atom is -0.453 e. The van der Waals surface area contributed by atoms with E-state index in [1.165, 1.54) is 154 Å². The molecule has 0 spiro atoms. The molecule has 16 nitrogen and oxygen atoms in total. The van der Waals surface area contributed by atoms with E-state index in [9.17, 15) is 0 Å². The third kappa shape index (κ3) is 25.5. The van der Waals surface area contributed by atoms with E-state index in [-0.39, 0.29) is 23.7 Å². The zero-order chi connectivity index (χ0) is 95.0. The van der Waals surface area contributed by atoms with Crippen LogP contribution in [0, 0.1) is 0 Å². The molecule has 4 atom stereocenters. The van der Waals surface area contributed by atoms with Crippen molar-refractivity contribution in [3.63, 3.8) is 0 Å². The molecule has 12 aromatic rings. The molecule has 4 aromatic heterocycles. The first-order valence-corrected chi connectivity index (χ1v) is 60.9. The number of aromatic amines is 4. The first-order valence-electron chi connectivity index (χ1n) is 56.0. The topological polar surface area (TPSA) is 189 Å². The van der Waals surface area contributed by atoms with Gasteiger partial charge in [-0.2, -0.15) is 0 Å². The Morgan fingerprint density at radius 3 is 0.571 bits per heavy atom. The molecule has 7 aliphatic rings. The molecule has 748 valence electrons. The summed E-state index contributed by atoms with van der Waals surface area (Å²) >= 11 is 0. The molecule has 140 heavy (non-hydrogen) atoms. The molecule has 4 N–H and O–H groups in total. The number of hydrogen-bond acceptors (Lipinski definition) is 16. The van der Waals surface area contributed by atoms with Gasteiger partial charge in [0.05, 0.1) is 44.1 Å².